The number of fused-ring (bicyclic) bond motifs is 1. The monoisotopic (exact) mass is 375 g/mol. The van der Waals surface area contributed by atoms with Crippen molar-refractivity contribution in [2.45, 2.75) is 39.3 Å². The Morgan fingerprint density at radius 3 is 2.85 bits per heavy atom. The SMILES string of the molecule is Cc1sc2nc(CN3CCOCC3)nc(NC3CCC(=O)NC3)c2c1C. The molecule has 7 nitrogen and oxygen atoms in total. The van der Waals surface area contributed by atoms with E-state index in [9.17, 15) is 4.79 Å². The molecular formula is C18H25N5O2S. The maximum atomic E-state index is 11.4. The van der Waals surface area contributed by atoms with Gasteiger partial charge in [0.1, 0.15) is 16.5 Å². The number of nitrogens with one attached hydrogen (secondary N) is 2. The predicted octanol–water partition coefficient (Wildman–Crippen LogP) is 1.83. The van der Waals surface area contributed by atoms with E-state index >= 15 is 0 Å². The van der Waals surface area contributed by atoms with E-state index in [1.807, 2.05) is 0 Å². The molecule has 140 valence electrons. The van der Waals surface area contributed by atoms with Crippen LogP contribution in [0.4, 0.5) is 5.82 Å². The topological polar surface area (TPSA) is 79.4 Å². The first-order valence-corrected chi connectivity index (χ1v) is 10.0. The van der Waals surface area contributed by atoms with Gasteiger partial charge in [-0.1, -0.05) is 0 Å². The van der Waals surface area contributed by atoms with E-state index in [2.05, 4.69) is 29.4 Å². The van der Waals surface area contributed by atoms with Crippen molar-refractivity contribution >= 4 is 33.3 Å². The molecule has 0 saturated carbocycles. The van der Waals surface area contributed by atoms with Gasteiger partial charge in [0.25, 0.3) is 0 Å². The standard InChI is InChI=1S/C18H25N5O2S/c1-11-12(2)26-18-16(11)17(20-13-3-4-15(24)19-9-13)21-14(22-18)10-23-5-7-25-8-6-23/h13H,3-10H2,1-2H3,(H,19,24)(H,20,21,22). The second-order valence-corrected chi connectivity index (χ2v) is 8.23. The van der Waals surface area contributed by atoms with Crippen molar-refractivity contribution in [2.24, 2.45) is 0 Å². The number of rotatable bonds is 4. The Balaban J connectivity index is 1.63. The number of carbonyl (C=O) groups is 1. The second-order valence-electron chi connectivity index (χ2n) is 7.02. The highest BCUT2D eigenvalue weighted by Gasteiger charge is 2.22. The third kappa shape index (κ3) is 3.67. The molecule has 1 amide bonds. The molecule has 2 aliphatic rings. The average Bonchev–Trinajstić information content (AvgIpc) is 2.92. The van der Waals surface area contributed by atoms with Gasteiger partial charge in [0.05, 0.1) is 25.1 Å². The largest absolute Gasteiger partial charge is 0.379 e. The molecule has 1 atom stereocenters. The minimum absolute atomic E-state index is 0.131. The van der Waals surface area contributed by atoms with Gasteiger partial charge in [-0.3, -0.25) is 9.69 Å². The number of aryl methyl sites for hydroxylation is 2. The zero-order chi connectivity index (χ0) is 18.1. The van der Waals surface area contributed by atoms with Gasteiger partial charge in [-0.15, -0.1) is 11.3 Å². The fourth-order valence-corrected chi connectivity index (χ4v) is 4.53. The van der Waals surface area contributed by atoms with Crippen molar-refractivity contribution in [3.05, 3.63) is 16.3 Å². The number of thiophene rings is 1. The van der Waals surface area contributed by atoms with Gasteiger partial charge in [0, 0.05) is 37.0 Å². The van der Waals surface area contributed by atoms with E-state index in [4.69, 9.17) is 14.7 Å². The van der Waals surface area contributed by atoms with Crippen LogP contribution in [0, 0.1) is 13.8 Å². The van der Waals surface area contributed by atoms with Crippen LogP contribution in [-0.4, -0.2) is 59.7 Å². The minimum Gasteiger partial charge on any atom is -0.379 e. The Hall–Kier alpha value is -1.77. The summed E-state index contributed by atoms with van der Waals surface area (Å²) in [7, 11) is 0. The van der Waals surface area contributed by atoms with Gasteiger partial charge in [0.15, 0.2) is 0 Å². The summed E-state index contributed by atoms with van der Waals surface area (Å²) in [6.07, 6.45) is 1.40. The molecule has 0 radical (unpaired) electrons. The first-order valence-electron chi connectivity index (χ1n) is 9.20. The number of anilines is 1. The van der Waals surface area contributed by atoms with Crippen molar-refractivity contribution in [3.63, 3.8) is 0 Å². The Labute approximate surface area is 157 Å². The fourth-order valence-electron chi connectivity index (χ4n) is 3.48. The average molecular weight is 375 g/mol. The van der Waals surface area contributed by atoms with Crippen molar-refractivity contribution < 1.29 is 9.53 Å². The molecule has 8 heteroatoms. The summed E-state index contributed by atoms with van der Waals surface area (Å²) < 4.78 is 5.43. The molecule has 0 aliphatic carbocycles. The number of hydrogen-bond donors (Lipinski definition) is 2. The lowest BCUT2D eigenvalue weighted by Gasteiger charge is -2.27. The fraction of sp³-hybridized carbons (Fsp3) is 0.611. The van der Waals surface area contributed by atoms with Gasteiger partial charge in [-0.25, -0.2) is 9.97 Å². The van der Waals surface area contributed by atoms with Crippen molar-refractivity contribution in [1.82, 2.24) is 20.2 Å². The van der Waals surface area contributed by atoms with Crippen LogP contribution in [0.3, 0.4) is 0 Å². The van der Waals surface area contributed by atoms with Crippen LogP contribution in [0.1, 0.15) is 29.1 Å². The second kappa shape index (κ2) is 7.46. The third-order valence-corrected chi connectivity index (χ3v) is 6.25. The molecule has 2 aromatic rings. The lowest BCUT2D eigenvalue weighted by Crippen LogP contribution is -2.42. The molecular weight excluding hydrogens is 350 g/mol. The highest BCUT2D eigenvalue weighted by Crippen LogP contribution is 2.34. The Kier molecular flexibility index (Phi) is 5.06. The zero-order valence-corrected chi connectivity index (χ0v) is 16.1. The Morgan fingerprint density at radius 1 is 1.31 bits per heavy atom. The normalized spacial score (nSPS) is 21.8. The summed E-state index contributed by atoms with van der Waals surface area (Å²) in [4.78, 5) is 25.8. The first-order chi connectivity index (χ1) is 12.6. The molecule has 0 bridgehead atoms. The Morgan fingerprint density at radius 2 is 2.12 bits per heavy atom. The van der Waals surface area contributed by atoms with Crippen LogP contribution in [0.25, 0.3) is 10.2 Å². The third-order valence-electron chi connectivity index (χ3n) is 5.15. The van der Waals surface area contributed by atoms with Gasteiger partial charge < -0.3 is 15.4 Å². The highest BCUT2D eigenvalue weighted by molar-refractivity contribution is 7.18. The molecule has 2 N–H and O–H groups in total. The summed E-state index contributed by atoms with van der Waals surface area (Å²) >= 11 is 1.73. The summed E-state index contributed by atoms with van der Waals surface area (Å²) in [5.74, 6) is 1.88. The molecule has 2 fully saturated rings. The van der Waals surface area contributed by atoms with E-state index in [1.165, 1.54) is 10.4 Å². The maximum Gasteiger partial charge on any atom is 0.220 e. The molecule has 0 spiro atoms. The number of carbonyl (C=O) groups excluding carboxylic acids is 1. The number of hydrogen-bond acceptors (Lipinski definition) is 7. The number of nitrogens with zero attached hydrogens (tertiary/aromatic N) is 3. The Bertz CT molecular complexity index is 806. The first kappa shape index (κ1) is 17.6. The summed E-state index contributed by atoms with van der Waals surface area (Å²) in [6, 6.07) is 0.210. The lowest BCUT2D eigenvalue weighted by molar-refractivity contribution is -0.122. The van der Waals surface area contributed by atoms with Crippen molar-refractivity contribution in [2.75, 3.05) is 38.2 Å². The summed E-state index contributed by atoms with van der Waals surface area (Å²) in [6.45, 7) is 9.03. The van der Waals surface area contributed by atoms with E-state index in [-0.39, 0.29) is 11.9 Å². The highest BCUT2D eigenvalue weighted by atomic mass is 32.1. The van der Waals surface area contributed by atoms with Gasteiger partial charge >= 0.3 is 0 Å². The van der Waals surface area contributed by atoms with E-state index in [0.717, 1.165) is 61.1 Å². The van der Waals surface area contributed by atoms with Crippen molar-refractivity contribution in [1.29, 1.82) is 0 Å². The molecule has 2 aromatic heterocycles. The smallest absolute Gasteiger partial charge is 0.220 e. The van der Waals surface area contributed by atoms with Gasteiger partial charge in [-0.2, -0.15) is 0 Å². The van der Waals surface area contributed by atoms with Crippen LogP contribution >= 0.6 is 11.3 Å². The molecule has 2 saturated heterocycles. The van der Waals surface area contributed by atoms with Crippen LogP contribution in [0.15, 0.2) is 0 Å². The van der Waals surface area contributed by atoms with E-state index in [1.54, 1.807) is 11.3 Å². The summed E-state index contributed by atoms with van der Waals surface area (Å²) in [5, 5.41) is 7.63. The van der Waals surface area contributed by atoms with Crippen molar-refractivity contribution in [3.8, 4) is 0 Å². The van der Waals surface area contributed by atoms with Gasteiger partial charge in [0.2, 0.25) is 5.91 Å². The number of ether oxygens (including phenoxy) is 1. The molecule has 26 heavy (non-hydrogen) atoms. The molecule has 2 aliphatic heterocycles. The van der Waals surface area contributed by atoms with Crippen LogP contribution in [-0.2, 0) is 16.1 Å². The minimum atomic E-state index is 0.131. The van der Waals surface area contributed by atoms with Crippen LogP contribution in [0.2, 0.25) is 0 Å². The lowest BCUT2D eigenvalue weighted by atomic mass is 10.1. The zero-order valence-electron chi connectivity index (χ0n) is 15.3. The number of amides is 1. The van der Waals surface area contributed by atoms with Crippen LogP contribution < -0.4 is 10.6 Å². The van der Waals surface area contributed by atoms with E-state index < -0.39 is 0 Å². The van der Waals surface area contributed by atoms with E-state index in [0.29, 0.717) is 13.0 Å². The molecule has 4 heterocycles. The molecule has 4 rings (SSSR count). The number of piperidine rings is 1. The quantitative estimate of drug-likeness (QED) is 0.849. The maximum absolute atomic E-state index is 11.4. The number of morpholine rings is 1. The predicted molar refractivity (Wildman–Crippen MR) is 103 cm³/mol. The van der Waals surface area contributed by atoms with Crippen LogP contribution in [0.5, 0.6) is 0 Å². The summed E-state index contributed by atoms with van der Waals surface area (Å²) in [5.41, 5.74) is 1.24. The number of aromatic nitrogens is 2. The van der Waals surface area contributed by atoms with Gasteiger partial charge in [-0.05, 0) is 25.8 Å². The molecule has 1 unspecified atom stereocenters. The molecule has 0 aromatic carbocycles.